The predicted molar refractivity (Wildman–Crippen MR) is 82.2 cm³/mol. The van der Waals surface area contributed by atoms with Crippen LogP contribution in [0.4, 0.5) is 0 Å². The standard InChI is InChI=1S/C15H15ClN2S/c1-10-4-3-5-13-15(10)18(14(6-16)17-13)7-12-9-19-8-11(12)2/h3-5,8-9H,6-7H2,1-2H3. The molecule has 0 atom stereocenters. The van der Waals surface area contributed by atoms with Gasteiger partial charge in [0.15, 0.2) is 0 Å². The van der Waals surface area contributed by atoms with Gasteiger partial charge in [0.25, 0.3) is 0 Å². The van der Waals surface area contributed by atoms with E-state index < -0.39 is 0 Å². The Morgan fingerprint density at radius 1 is 1.21 bits per heavy atom. The van der Waals surface area contributed by atoms with Crippen LogP contribution in [-0.4, -0.2) is 9.55 Å². The van der Waals surface area contributed by atoms with Gasteiger partial charge in [-0.1, -0.05) is 12.1 Å². The van der Waals surface area contributed by atoms with Crippen LogP contribution >= 0.6 is 22.9 Å². The molecule has 0 fully saturated rings. The highest BCUT2D eigenvalue weighted by atomic mass is 35.5. The van der Waals surface area contributed by atoms with Crippen LogP contribution in [0.3, 0.4) is 0 Å². The van der Waals surface area contributed by atoms with Crippen LogP contribution in [0.25, 0.3) is 11.0 Å². The Morgan fingerprint density at radius 2 is 2.05 bits per heavy atom. The number of thiophene rings is 1. The maximum atomic E-state index is 6.06. The van der Waals surface area contributed by atoms with Crippen molar-refractivity contribution in [1.29, 1.82) is 0 Å². The van der Waals surface area contributed by atoms with E-state index in [2.05, 4.69) is 46.3 Å². The van der Waals surface area contributed by atoms with E-state index in [1.54, 1.807) is 11.3 Å². The number of rotatable bonds is 3. The topological polar surface area (TPSA) is 17.8 Å². The molecule has 3 aromatic rings. The first-order chi connectivity index (χ1) is 9.20. The predicted octanol–water partition coefficient (Wildman–Crippen LogP) is 4.50. The van der Waals surface area contributed by atoms with Gasteiger partial charge >= 0.3 is 0 Å². The summed E-state index contributed by atoms with van der Waals surface area (Å²) in [5.74, 6) is 1.38. The highest BCUT2D eigenvalue weighted by Crippen LogP contribution is 2.24. The summed E-state index contributed by atoms with van der Waals surface area (Å²) < 4.78 is 2.24. The maximum absolute atomic E-state index is 6.06. The first-order valence-corrected chi connectivity index (χ1v) is 7.71. The molecule has 2 aromatic heterocycles. The highest BCUT2D eigenvalue weighted by molar-refractivity contribution is 7.08. The molecule has 98 valence electrons. The summed E-state index contributed by atoms with van der Waals surface area (Å²) in [6.45, 7) is 5.12. The molecule has 3 rings (SSSR count). The number of benzene rings is 1. The monoisotopic (exact) mass is 290 g/mol. The average Bonchev–Trinajstić information content (AvgIpc) is 2.96. The molecule has 0 saturated carbocycles. The molecule has 1 aromatic carbocycles. The van der Waals surface area contributed by atoms with E-state index in [0.29, 0.717) is 5.88 Å². The Bertz CT molecular complexity index is 727. The number of halogens is 1. The second kappa shape index (κ2) is 4.99. The second-order valence-corrected chi connectivity index (χ2v) is 5.78. The number of aryl methyl sites for hydroxylation is 2. The van der Waals surface area contributed by atoms with Crippen molar-refractivity contribution in [1.82, 2.24) is 9.55 Å². The number of alkyl halides is 1. The van der Waals surface area contributed by atoms with Crippen LogP contribution in [0.2, 0.25) is 0 Å². The van der Waals surface area contributed by atoms with Crippen LogP contribution < -0.4 is 0 Å². The summed E-state index contributed by atoms with van der Waals surface area (Å²) in [4.78, 5) is 4.64. The fourth-order valence-corrected chi connectivity index (χ4v) is 3.46. The minimum absolute atomic E-state index is 0.442. The zero-order valence-corrected chi connectivity index (χ0v) is 12.6. The third-order valence-electron chi connectivity index (χ3n) is 3.46. The minimum atomic E-state index is 0.442. The Morgan fingerprint density at radius 3 is 2.74 bits per heavy atom. The number of para-hydroxylation sites is 1. The van der Waals surface area contributed by atoms with Crippen LogP contribution in [0.5, 0.6) is 0 Å². The fourth-order valence-electron chi connectivity index (χ4n) is 2.40. The summed E-state index contributed by atoms with van der Waals surface area (Å²) in [5, 5.41) is 4.39. The van der Waals surface area contributed by atoms with E-state index in [9.17, 15) is 0 Å². The number of aromatic nitrogens is 2. The Balaban J connectivity index is 2.18. The van der Waals surface area contributed by atoms with Crippen molar-refractivity contribution in [2.24, 2.45) is 0 Å². The van der Waals surface area contributed by atoms with Crippen LogP contribution in [-0.2, 0) is 12.4 Å². The lowest BCUT2D eigenvalue weighted by Gasteiger charge is -2.09. The van der Waals surface area contributed by atoms with E-state index >= 15 is 0 Å². The molecule has 0 aliphatic rings. The average molecular weight is 291 g/mol. The van der Waals surface area contributed by atoms with Crippen molar-refractivity contribution in [2.75, 3.05) is 0 Å². The van der Waals surface area contributed by atoms with Crippen molar-refractivity contribution in [3.05, 3.63) is 51.5 Å². The van der Waals surface area contributed by atoms with Crippen LogP contribution in [0, 0.1) is 13.8 Å². The molecule has 0 N–H and O–H groups in total. The number of imidazole rings is 1. The summed E-state index contributed by atoms with van der Waals surface area (Å²) in [7, 11) is 0. The molecule has 0 saturated heterocycles. The van der Waals surface area contributed by atoms with E-state index in [-0.39, 0.29) is 0 Å². The molecule has 0 unspecified atom stereocenters. The lowest BCUT2D eigenvalue weighted by molar-refractivity contribution is 0.775. The zero-order chi connectivity index (χ0) is 13.4. The van der Waals surface area contributed by atoms with Crippen molar-refractivity contribution in [2.45, 2.75) is 26.3 Å². The molecule has 2 nitrogen and oxygen atoms in total. The van der Waals surface area contributed by atoms with Crippen molar-refractivity contribution >= 4 is 34.0 Å². The van der Waals surface area contributed by atoms with Crippen molar-refractivity contribution < 1.29 is 0 Å². The molecular formula is C15H15ClN2S. The lowest BCUT2D eigenvalue weighted by Crippen LogP contribution is -2.04. The zero-order valence-electron chi connectivity index (χ0n) is 11.0. The Kier molecular flexibility index (Phi) is 3.33. The largest absolute Gasteiger partial charge is 0.322 e. The van der Waals surface area contributed by atoms with Gasteiger partial charge in [-0.05, 0) is 47.4 Å². The summed E-state index contributed by atoms with van der Waals surface area (Å²) >= 11 is 7.80. The normalized spacial score (nSPS) is 11.3. The summed E-state index contributed by atoms with van der Waals surface area (Å²) in [6.07, 6.45) is 0. The van der Waals surface area contributed by atoms with Gasteiger partial charge in [-0.2, -0.15) is 11.3 Å². The summed E-state index contributed by atoms with van der Waals surface area (Å²) in [5.41, 5.74) is 6.15. The highest BCUT2D eigenvalue weighted by Gasteiger charge is 2.13. The van der Waals surface area contributed by atoms with Crippen LogP contribution in [0.1, 0.15) is 22.5 Å². The first-order valence-electron chi connectivity index (χ1n) is 6.23. The van der Waals surface area contributed by atoms with Gasteiger partial charge in [0, 0.05) is 0 Å². The third kappa shape index (κ3) is 2.17. The molecule has 4 heteroatoms. The number of hydrogen-bond acceptors (Lipinski definition) is 2. The van der Waals surface area contributed by atoms with Crippen molar-refractivity contribution in [3.63, 3.8) is 0 Å². The molecule has 0 aliphatic heterocycles. The molecular weight excluding hydrogens is 276 g/mol. The van der Waals surface area contributed by atoms with Gasteiger partial charge in [0.2, 0.25) is 0 Å². The van der Waals surface area contributed by atoms with E-state index in [4.69, 9.17) is 11.6 Å². The number of fused-ring (bicyclic) bond motifs is 1. The lowest BCUT2D eigenvalue weighted by atomic mass is 10.2. The molecule has 0 bridgehead atoms. The van der Waals surface area contributed by atoms with E-state index in [1.165, 1.54) is 22.2 Å². The van der Waals surface area contributed by atoms with Gasteiger partial charge in [0.05, 0.1) is 23.5 Å². The number of nitrogens with zero attached hydrogens (tertiary/aromatic N) is 2. The minimum Gasteiger partial charge on any atom is -0.322 e. The molecule has 0 radical (unpaired) electrons. The second-order valence-electron chi connectivity index (χ2n) is 4.77. The molecule has 2 heterocycles. The summed E-state index contributed by atoms with van der Waals surface area (Å²) in [6, 6.07) is 6.22. The molecule has 0 spiro atoms. The van der Waals surface area contributed by atoms with Gasteiger partial charge in [0.1, 0.15) is 5.82 Å². The fraction of sp³-hybridized carbons (Fsp3) is 0.267. The first kappa shape index (κ1) is 12.7. The smallest absolute Gasteiger partial charge is 0.125 e. The number of hydrogen-bond donors (Lipinski definition) is 0. The SMILES string of the molecule is Cc1cscc1Cn1c(CCl)nc2cccc(C)c21. The Hall–Kier alpha value is -1.32. The van der Waals surface area contributed by atoms with Gasteiger partial charge < -0.3 is 4.57 Å². The quantitative estimate of drug-likeness (QED) is 0.649. The van der Waals surface area contributed by atoms with Gasteiger partial charge in [-0.15, -0.1) is 11.6 Å². The van der Waals surface area contributed by atoms with Crippen LogP contribution in [0.15, 0.2) is 29.0 Å². The van der Waals surface area contributed by atoms with E-state index in [1.807, 2.05) is 6.07 Å². The maximum Gasteiger partial charge on any atom is 0.125 e. The van der Waals surface area contributed by atoms with Crippen molar-refractivity contribution in [3.8, 4) is 0 Å². The third-order valence-corrected chi connectivity index (χ3v) is 4.61. The molecule has 0 aliphatic carbocycles. The van der Waals surface area contributed by atoms with Gasteiger partial charge in [-0.3, -0.25) is 0 Å². The molecule has 0 amide bonds. The van der Waals surface area contributed by atoms with E-state index in [0.717, 1.165) is 17.9 Å². The van der Waals surface area contributed by atoms with Gasteiger partial charge in [-0.25, -0.2) is 4.98 Å². The molecule has 19 heavy (non-hydrogen) atoms. The Labute approximate surface area is 121 Å².